The third-order valence-electron chi connectivity index (χ3n) is 5.24. The predicted octanol–water partition coefficient (Wildman–Crippen LogP) is 2.75. The van der Waals surface area contributed by atoms with Crippen molar-refractivity contribution in [3.63, 3.8) is 0 Å². The van der Waals surface area contributed by atoms with E-state index in [1.54, 1.807) is 24.5 Å². The quantitative estimate of drug-likeness (QED) is 0.380. The molecule has 3 aromatic rings. The molecule has 2 heterocycles. The number of pyridine rings is 2. The fourth-order valence-corrected chi connectivity index (χ4v) is 3.53. The second-order valence-electron chi connectivity index (χ2n) is 7.46. The van der Waals surface area contributed by atoms with Gasteiger partial charge in [0.1, 0.15) is 0 Å². The molecular formula is C25H27N5O2. The Morgan fingerprint density at radius 1 is 0.938 bits per heavy atom. The molecule has 2 aromatic heterocycles. The van der Waals surface area contributed by atoms with E-state index in [4.69, 9.17) is 5.26 Å². The van der Waals surface area contributed by atoms with Gasteiger partial charge in [-0.2, -0.15) is 5.26 Å². The van der Waals surface area contributed by atoms with Crippen LogP contribution >= 0.6 is 0 Å². The first kappa shape index (κ1) is 23.1. The molecule has 1 aromatic carbocycles. The summed E-state index contributed by atoms with van der Waals surface area (Å²) in [5.41, 5.74) is 3.29. The van der Waals surface area contributed by atoms with Gasteiger partial charge in [-0.3, -0.25) is 14.8 Å². The number of rotatable bonds is 12. The molecule has 32 heavy (non-hydrogen) atoms. The van der Waals surface area contributed by atoms with Gasteiger partial charge in [0.15, 0.2) is 0 Å². The van der Waals surface area contributed by atoms with Crippen molar-refractivity contribution in [1.82, 2.24) is 20.6 Å². The van der Waals surface area contributed by atoms with Crippen LogP contribution in [0.5, 0.6) is 0 Å². The van der Waals surface area contributed by atoms with Crippen LogP contribution < -0.4 is 10.6 Å². The van der Waals surface area contributed by atoms with Crippen molar-refractivity contribution in [2.75, 3.05) is 19.6 Å². The lowest BCUT2D eigenvalue weighted by Gasteiger charge is -2.26. The lowest BCUT2D eigenvalue weighted by Crippen LogP contribution is -2.40. The van der Waals surface area contributed by atoms with E-state index in [2.05, 4.69) is 26.7 Å². The maximum absolute atomic E-state index is 12.2. The highest BCUT2D eigenvalue weighted by molar-refractivity contribution is 5.71. The summed E-state index contributed by atoms with van der Waals surface area (Å²) in [5, 5.41) is 25.7. The van der Waals surface area contributed by atoms with Crippen molar-refractivity contribution < 1.29 is 9.90 Å². The van der Waals surface area contributed by atoms with E-state index in [1.807, 2.05) is 48.5 Å². The number of benzene rings is 1. The molecule has 0 saturated heterocycles. The van der Waals surface area contributed by atoms with E-state index >= 15 is 0 Å². The molecular weight excluding hydrogens is 402 g/mol. The summed E-state index contributed by atoms with van der Waals surface area (Å²) in [4.78, 5) is 20.8. The lowest BCUT2D eigenvalue weighted by atomic mass is 9.92. The van der Waals surface area contributed by atoms with Crippen LogP contribution in [0.4, 0.5) is 0 Å². The Bertz CT molecular complexity index is 1000. The van der Waals surface area contributed by atoms with E-state index < -0.39 is 17.9 Å². The zero-order valence-corrected chi connectivity index (χ0v) is 17.8. The zero-order chi connectivity index (χ0) is 22.6. The summed E-state index contributed by atoms with van der Waals surface area (Å²) in [6.45, 7) is 1.53. The number of hydrogen-bond acceptors (Lipinski definition) is 6. The van der Waals surface area contributed by atoms with Crippen LogP contribution in [0, 0.1) is 17.2 Å². The molecule has 3 rings (SSSR count). The van der Waals surface area contributed by atoms with Gasteiger partial charge in [0.2, 0.25) is 0 Å². The van der Waals surface area contributed by atoms with Crippen molar-refractivity contribution in [3.05, 3.63) is 95.6 Å². The molecule has 0 bridgehead atoms. The summed E-state index contributed by atoms with van der Waals surface area (Å²) < 4.78 is 0. The zero-order valence-electron chi connectivity index (χ0n) is 17.8. The minimum absolute atomic E-state index is 0.309. The minimum atomic E-state index is -0.880. The average Bonchev–Trinajstić information content (AvgIpc) is 2.84. The molecule has 164 valence electrons. The fourth-order valence-electron chi connectivity index (χ4n) is 3.53. The van der Waals surface area contributed by atoms with Crippen molar-refractivity contribution in [2.45, 2.75) is 18.9 Å². The molecule has 0 fully saturated rings. The van der Waals surface area contributed by atoms with Gasteiger partial charge in [-0.05, 0) is 42.0 Å². The molecule has 0 radical (unpaired) electrons. The Morgan fingerprint density at radius 2 is 1.56 bits per heavy atom. The van der Waals surface area contributed by atoms with Crippen LogP contribution in [-0.4, -0.2) is 40.7 Å². The Balaban J connectivity index is 1.67. The highest BCUT2D eigenvalue weighted by Crippen LogP contribution is 2.23. The molecule has 2 unspecified atom stereocenters. The largest absolute Gasteiger partial charge is 0.481 e. The summed E-state index contributed by atoms with van der Waals surface area (Å²) in [6, 6.07) is 20.3. The van der Waals surface area contributed by atoms with Gasteiger partial charge in [-0.1, -0.05) is 24.3 Å². The number of hydrogen-bond donors (Lipinski definition) is 3. The Labute approximate surface area is 188 Å². The van der Waals surface area contributed by atoms with Crippen LogP contribution in [0.15, 0.2) is 73.1 Å². The normalized spacial score (nSPS) is 12.6. The third-order valence-corrected chi connectivity index (χ3v) is 5.24. The van der Waals surface area contributed by atoms with Crippen LogP contribution in [0.25, 0.3) is 0 Å². The average molecular weight is 430 g/mol. The van der Waals surface area contributed by atoms with Gasteiger partial charge >= 0.3 is 5.97 Å². The number of nitriles is 1. The van der Waals surface area contributed by atoms with Crippen LogP contribution in [-0.2, 0) is 17.6 Å². The smallest absolute Gasteiger partial charge is 0.309 e. The maximum atomic E-state index is 12.2. The molecule has 0 aliphatic heterocycles. The second kappa shape index (κ2) is 12.3. The van der Waals surface area contributed by atoms with Crippen LogP contribution in [0.1, 0.15) is 28.6 Å². The Hall–Kier alpha value is -3.60. The molecule has 7 heteroatoms. The topological polar surface area (TPSA) is 111 Å². The molecule has 0 aliphatic rings. The number of aliphatic carboxylic acids is 1. The summed E-state index contributed by atoms with van der Waals surface area (Å²) in [6.07, 6.45) is 4.91. The third kappa shape index (κ3) is 6.98. The first-order chi connectivity index (χ1) is 15.7. The molecule has 0 saturated carbocycles. The highest BCUT2D eigenvalue weighted by Gasteiger charge is 2.29. The maximum Gasteiger partial charge on any atom is 0.309 e. The summed E-state index contributed by atoms with van der Waals surface area (Å²) in [5.74, 6) is -1.56. The van der Waals surface area contributed by atoms with Crippen LogP contribution in [0.2, 0.25) is 0 Å². The van der Waals surface area contributed by atoms with Crippen molar-refractivity contribution in [2.24, 2.45) is 5.92 Å². The van der Waals surface area contributed by atoms with Gasteiger partial charge < -0.3 is 15.7 Å². The predicted molar refractivity (Wildman–Crippen MR) is 122 cm³/mol. The molecule has 7 nitrogen and oxygen atoms in total. The standard InChI is InChI=1S/C25H27N5O2/c26-17-19-7-9-20(10-8-19)24(30-16-12-22-6-2-4-14-29-22)23(25(31)32)18-27-15-11-21-5-1-3-13-28-21/h1-10,13-14,23-24,27,30H,11-12,15-16,18H2,(H,31,32). The SMILES string of the molecule is N#Cc1ccc(C(NCCc2ccccn2)C(CNCCc2ccccn2)C(=O)O)cc1. The number of carboxylic acid groups (broad SMARTS) is 1. The summed E-state index contributed by atoms with van der Waals surface area (Å²) in [7, 11) is 0. The van der Waals surface area contributed by atoms with Gasteiger partial charge in [-0.25, -0.2) is 0 Å². The summed E-state index contributed by atoms with van der Waals surface area (Å²) >= 11 is 0. The molecule has 3 N–H and O–H groups in total. The van der Waals surface area contributed by atoms with E-state index in [1.165, 1.54) is 0 Å². The monoisotopic (exact) mass is 429 g/mol. The fraction of sp³-hybridized carbons (Fsp3) is 0.280. The molecule has 0 amide bonds. The van der Waals surface area contributed by atoms with Gasteiger partial charge in [0, 0.05) is 62.3 Å². The van der Waals surface area contributed by atoms with Gasteiger partial charge in [-0.15, -0.1) is 0 Å². The highest BCUT2D eigenvalue weighted by atomic mass is 16.4. The lowest BCUT2D eigenvalue weighted by molar-refractivity contribution is -0.142. The van der Waals surface area contributed by atoms with E-state index in [0.717, 1.165) is 23.4 Å². The molecule has 0 aliphatic carbocycles. The molecule has 0 spiro atoms. The number of nitrogens with one attached hydrogen (secondary N) is 2. The first-order valence-electron chi connectivity index (χ1n) is 10.6. The Morgan fingerprint density at radius 3 is 2.09 bits per heavy atom. The van der Waals surface area contributed by atoms with E-state index in [-0.39, 0.29) is 0 Å². The number of aromatic nitrogens is 2. The van der Waals surface area contributed by atoms with Crippen LogP contribution in [0.3, 0.4) is 0 Å². The van der Waals surface area contributed by atoms with Crippen molar-refractivity contribution >= 4 is 5.97 Å². The number of carboxylic acids is 1. The minimum Gasteiger partial charge on any atom is -0.481 e. The number of nitrogens with zero attached hydrogens (tertiary/aromatic N) is 3. The van der Waals surface area contributed by atoms with Crippen molar-refractivity contribution in [3.8, 4) is 6.07 Å². The van der Waals surface area contributed by atoms with E-state index in [9.17, 15) is 9.90 Å². The van der Waals surface area contributed by atoms with Gasteiger partial charge in [0.05, 0.1) is 17.6 Å². The Kier molecular flexibility index (Phi) is 8.87. The second-order valence-corrected chi connectivity index (χ2v) is 7.46. The van der Waals surface area contributed by atoms with Crippen molar-refractivity contribution in [1.29, 1.82) is 5.26 Å². The number of carbonyl (C=O) groups is 1. The first-order valence-corrected chi connectivity index (χ1v) is 10.6. The van der Waals surface area contributed by atoms with Gasteiger partial charge in [0.25, 0.3) is 0 Å². The molecule has 2 atom stereocenters. The van der Waals surface area contributed by atoms with E-state index in [0.29, 0.717) is 31.6 Å².